The van der Waals surface area contributed by atoms with Gasteiger partial charge in [0.25, 0.3) is 0 Å². The van der Waals surface area contributed by atoms with Crippen LogP contribution in [0.1, 0.15) is 62.5 Å². The van der Waals surface area contributed by atoms with E-state index in [1.54, 1.807) is 75.4 Å². The molecule has 12 heteroatoms. The van der Waals surface area contributed by atoms with E-state index in [1.807, 2.05) is 6.07 Å². The Morgan fingerprint density at radius 3 is 2.27 bits per heavy atom. The molecule has 0 aromatic heterocycles. The van der Waals surface area contributed by atoms with Gasteiger partial charge in [0.1, 0.15) is 23.4 Å². The number of aliphatic hydroxyl groups is 5. The van der Waals surface area contributed by atoms with Gasteiger partial charge in [0.15, 0.2) is 18.9 Å². The molecule has 3 fully saturated rings. The standard InChI is InChI=1S/C36H45NO11/c1-19-22(46-18-47-32(42)26(37)20-11-7-5-8-12-20)16-36(44)30(48-31(41)21-13-9-6-10-14-21)28-34(4,23(38)15-24-35(28,43)17-45-24)29(40)27(39)25(19)33(36,2)3/h5-14,22-24,26-28,30,32,38-39,42-44H,15-18,37H2,1-4H3/t22-,23-,24+,26-,27+,28?,30-,32-,34+,35-,36+/m0/s1. The van der Waals surface area contributed by atoms with Crippen LogP contribution in [0.25, 0.3) is 0 Å². The number of hydrogen-bond acceptors (Lipinski definition) is 12. The van der Waals surface area contributed by atoms with E-state index in [2.05, 4.69) is 0 Å². The fraction of sp³-hybridized carbons (Fsp3) is 0.556. The molecule has 2 aromatic carbocycles. The summed E-state index contributed by atoms with van der Waals surface area (Å²) < 4.78 is 23.5. The highest BCUT2D eigenvalue weighted by Crippen LogP contribution is 2.63. The number of esters is 1. The minimum absolute atomic E-state index is 0.0995. The first-order chi connectivity index (χ1) is 22.6. The highest BCUT2D eigenvalue weighted by Gasteiger charge is 2.76. The van der Waals surface area contributed by atoms with Crippen molar-refractivity contribution in [3.8, 4) is 0 Å². The Morgan fingerprint density at radius 2 is 1.67 bits per heavy atom. The average molecular weight is 668 g/mol. The highest BCUT2D eigenvalue weighted by atomic mass is 16.7. The predicted octanol–water partition coefficient (Wildman–Crippen LogP) is 1.53. The number of ether oxygens (including phenoxy) is 4. The van der Waals surface area contributed by atoms with E-state index in [9.17, 15) is 35.1 Å². The van der Waals surface area contributed by atoms with Crippen LogP contribution in [0.15, 0.2) is 71.8 Å². The van der Waals surface area contributed by atoms with Crippen molar-refractivity contribution < 1.29 is 54.1 Å². The molecule has 1 heterocycles. The molecular weight excluding hydrogens is 622 g/mol. The van der Waals surface area contributed by atoms with Gasteiger partial charge in [-0.15, -0.1) is 0 Å². The van der Waals surface area contributed by atoms with Gasteiger partial charge in [0.05, 0.1) is 41.9 Å². The van der Waals surface area contributed by atoms with E-state index in [0.29, 0.717) is 11.1 Å². The number of carbonyl (C=O) groups excluding carboxylic acids is 2. The Hall–Kier alpha value is -3.04. The van der Waals surface area contributed by atoms with Crippen molar-refractivity contribution in [2.45, 2.75) is 94.6 Å². The molecule has 1 saturated heterocycles. The number of rotatable bonds is 8. The molecule has 6 rings (SSSR count). The van der Waals surface area contributed by atoms with Gasteiger partial charge in [-0.2, -0.15) is 0 Å². The monoisotopic (exact) mass is 667 g/mol. The van der Waals surface area contributed by atoms with Crippen molar-refractivity contribution in [2.75, 3.05) is 13.4 Å². The lowest BCUT2D eigenvalue weighted by Crippen LogP contribution is -2.81. The molecule has 0 amide bonds. The second kappa shape index (κ2) is 12.4. The molecule has 260 valence electrons. The lowest BCUT2D eigenvalue weighted by Gasteiger charge is -2.66. The minimum Gasteiger partial charge on any atom is -0.455 e. The van der Waals surface area contributed by atoms with Gasteiger partial charge in [-0.05, 0) is 42.7 Å². The number of carbonyl (C=O) groups is 2. The number of ketones is 1. The van der Waals surface area contributed by atoms with E-state index in [1.165, 1.54) is 6.92 Å². The summed E-state index contributed by atoms with van der Waals surface area (Å²) in [5, 5.41) is 59.3. The Labute approximate surface area is 279 Å². The number of nitrogens with two attached hydrogens (primary N) is 1. The van der Waals surface area contributed by atoms with Crippen LogP contribution in [0.2, 0.25) is 0 Å². The van der Waals surface area contributed by atoms with Gasteiger partial charge in [-0.3, -0.25) is 4.79 Å². The molecule has 11 atom stereocenters. The van der Waals surface area contributed by atoms with Crippen LogP contribution < -0.4 is 5.73 Å². The first-order valence-electron chi connectivity index (χ1n) is 16.2. The van der Waals surface area contributed by atoms with Crippen molar-refractivity contribution in [3.05, 3.63) is 82.9 Å². The zero-order valence-corrected chi connectivity index (χ0v) is 27.5. The normalized spacial score (nSPS) is 38.4. The summed E-state index contributed by atoms with van der Waals surface area (Å²) in [6, 6.07) is 16.1. The third-order valence-corrected chi connectivity index (χ3v) is 11.6. The van der Waals surface area contributed by atoms with Gasteiger partial charge in [0, 0.05) is 24.2 Å². The molecule has 48 heavy (non-hydrogen) atoms. The van der Waals surface area contributed by atoms with Crippen LogP contribution in [0.4, 0.5) is 0 Å². The Morgan fingerprint density at radius 1 is 1.04 bits per heavy atom. The molecule has 3 aliphatic carbocycles. The largest absolute Gasteiger partial charge is 0.455 e. The summed E-state index contributed by atoms with van der Waals surface area (Å²) in [7, 11) is 0. The van der Waals surface area contributed by atoms with Gasteiger partial charge < -0.3 is 50.2 Å². The lowest BCUT2D eigenvalue weighted by atomic mass is 9.45. The van der Waals surface area contributed by atoms with Crippen LogP contribution in [-0.4, -0.2) is 98.7 Å². The highest BCUT2D eigenvalue weighted by molar-refractivity contribution is 5.94. The van der Waals surface area contributed by atoms with Crippen LogP contribution in [0, 0.1) is 16.7 Å². The van der Waals surface area contributed by atoms with Gasteiger partial charge in [-0.25, -0.2) is 4.79 Å². The van der Waals surface area contributed by atoms with Crippen LogP contribution >= 0.6 is 0 Å². The maximum absolute atomic E-state index is 14.5. The molecule has 2 bridgehead atoms. The summed E-state index contributed by atoms with van der Waals surface area (Å²) in [5.41, 5.74) is 0.390. The van der Waals surface area contributed by atoms with Crippen molar-refractivity contribution in [1.82, 2.24) is 0 Å². The maximum Gasteiger partial charge on any atom is 0.338 e. The van der Waals surface area contributed by atoms with Crippen molar-refractivity contribution in [1.29, 1.82) is 0 Å². The number of benzene rings is 2. The Balaban J connectivity index is 1.42. The van der Waals surface area contributed by atoms with Crippen LogP contribution in [-0.2, 0) is 23.7 Å². The van der Waals surface area contributed by atoms with E-state index in [0.717, 1.165) is 0 Å². The number of Topliss-reactive ketones (excluding diaryl/α,β-unsaturated/α-hetero) is 1. The predicted molar refractivity (Wildman–Crippen MR) is 170 cm³/mol. The molecule has 1 unspecified atom stereocenters. The molecule has 0 radical (unpaired) electrons. The number of hydrogen-bond donors (Lipinski definition) is 6. The van der Waals surface area contributed by atoms with Crippen molar-refractivity contribution >= 4 is 11.8 Å². The molecule has 2 aromatic rings. The van der Waals surface area contributed by atoms with E-state index < -0.39 is 89.3 Å². The fourth-order valence-corrected chi connectivity index (χ4v) is 8.57. The SMILES string of the molecule is CC1=C2[C@@H](O)C(=O)[C@@]3(C)C([C@H](OC(=O)c4ccccc4)[C@](O)(C[C@@H]1OCO[C@H](O)[C@@H](N)c1ccccc1)C2(C)C)[C@]1(O)CO[C@@H]1C[C@@H]3O. The molecule has 7 N–H and O–H groups in total. The fourth-order valence-electron chi connectivity index (χ4n) is 8.57. The third kappa shape index (κ3) is 5.17. The summed E-state index contributed by atoms with van der Waals surface area (Å²) in [4.78, 5) is 28.3. The van der Waals surface area contributed by atoms with Gasteiger partial charge in [0.2, 0.25) is 0 Å². The zero-order valence-electron chi connectivity index (χ0n) is 27.5. The Bertz CT molecular complexity index is 1570. The quantitative estimate of drug-likeness (QED) is 0.135. The molecule has 2 saturated carbocycles. The molecule has 12 nitrogen and oxygen atoms in total. The molecular formula is C36H45NO11. The van der Waals surface area contributed by atoms with Crippen LogP contribution in [0.5, 0.6) is 0 Å². The molecule has 1 aliphatic heterocycles. The number of fused-ring (bicyclic) bond motifs is 5. The number of aliphatic hydroxyl groups excluding tert-OH is 3. The summed E-state index contributed by atoms with van der Waals surface area (Å²) >= 11 is 0. The van der Waals surface area contributed by atoms with Gasteiger partial charge in [-0.1, -0.05) is 62.4 Å². The average Bonchev–Trinajstić information content (AvgIpc) is 3.07. The van der Waals surface area contributed by atoms with Crippen LogP contribution in [0.3, 0.4) is 0 Å². The second-order valence-electron chi connectivity index (χ2n) is 14.4. The molecule has 0 spiro atoms. The van der Waals surface area contributed by atoms with E-state index >= 15 is 0 Å². The van der Waals surface area contributed by atoms with Crippen molar-refractivity contribution in [2.24, 2.45) is 22.5 Å². The zero-order chi connectivity index (χ0) is 34.8. The van der Waals surface area contributed by atoms with E-state index in [4.69, 9.17) is 24.7 Å². The summed E-state index contributed by atoms with van der Waals surface area (Å²) in [5.74, 6) is -2.99. The first-order valence-corrected chi connectivity index (χ1v) is 16.2. The first kappa shape index (κ1) is 34.8. The topological polar surface area (TPSA) is 198 Å². The lowest BCUT2D eigenvalue weighted by molar-refractivity contribution is -0.344. The summed E-state index contributed by atoms with van der Waals surface area (Å²) in [6.07, 6.45) is -8.50. The Kier molecular flexibility index (Phi) is 8.98. The van der Waals surface area contributed by atoms with Crippen molar-refractivity contribution in [3.63, 3.8) is 0 Å². The molecule has 4 aliphatic rings. The smallest absolute Gasteiger partial charge is 0.338 e. The maximum atomic E-state index is 14.5. The third-order valence-electron chi connectivity index (χ3n) is 11.6. The van der Waals surface area contributed by atoms with E-state index in [-0.39, 0.29) is 30.6 Å². The second-order valence-corrected chi connectivity index (χ2v) is 14.4. The minimum atomic E-state index is -2.09. The van der Waals surface area contributed by atoms with Gasteiger partial charge >= 0.3 is 5.97 Å². The summed E-state index contributed by atoms with van der Waals surface area (Å²) in [6.45, 7) is 5.67.